The van der Waals surface area contributed by atoms with Gasteiger partial charge in [-0.25, -0.2) is 0 Å². The Kier molecular flexibility index (Phi) is 4.68. The summed E-state index contributed by atoms with van der Waals surface area (Å²) in [6.07, 6.45) is 11.5. The van der Waals surface area contributed by atoms with Crippen molar-refractivity contribution < 1.29 is 4.74 Å². The highest BCUT2D eigenvalue weighted by Crippen LogP contribution is 2.54. The fourth-order valence-electron chi connectivity index (χ4n) is 4.85. The number of ether oxygens (including phenoxy) is 1. The van der Waals surface area contributed by atoms with E-state index in [-0.39, 0.29) is 0 Å². The molecule has 0 aromatic rings. The predicted octanol–water partition coefficient (Wildman–Crippen LogP) is 2.80. The SMILES string of the molecule is CCOC1CC(NCC2CCCCN2C)C12CCCC2. The maximum atomic E-state index is 6.01. The monoisotopic (exact) mass is 280 g/mol. The molecule has 1 aliphatic heterocycles. The molecule has 2 aliphatic carbocycles. The molecular weight excluding hydrogens is 248 g/mol. The number of hydrogen-bond donors (Lipinski definition) is 1. The third-order valence-corrected chi connectivity index (χ3v) is 6.21. The Balaban J connectivity index is 1.52. The van der Waals surface area contributed by atoms with Crippen molar-refractivity contribution in [1.29, 1.82) is 0 Å². The molecule has 3 heteroatoms. The first kappa shape index (κ1) is 14.8. The van der Waals surface area contributed by atoms with Crippen molar-refractivity contribution in [2.24, 2.45) is 5.41 Å². The molecule has 0 amide bonds. The maximum absolute atomic E-state index is 6.01. The molecule has 116 valence electrons. The summed E-state index contributed by atoms with van der Waals surface area (Å²) < 4.78 is 6.01. The average molecular weight is 280 g/mol. The molecule has 3 rings (SSSR count). The molecule has 3 atom stereocenters. The van der Waals surface area contributed by atoms with Gasteiger partial charge < -0.3 is 15.0 Å². The topological polar surface area (TPSA) is 24.5 Å². The highest BCUT2D eigenvalue weighted by Gasteiger charge is 2.56. The summed E-state index contributed by atoms with van der Waals surface area (Å²) in [5.41, 5.74) is 0.489. The molecule has 0 radical (unpaired) electrons. The van der Waals surface area contributed by atoms with Crippen LogP contribution in [0.25, 0.3) is 0 Å². The highest BCUT2D eigenvalue weighted by atomic mass is 16.5. The summed E-state index contributed by atoms with van der Waals surface area (Å²) in [6.45, 7) is 5.48. The molecule has 1 heterocycles. The number of likely N-dealkylation sites (tertiary alicyclic amines) is 1. The number of likely N-dealkylation sites (N-methyl/N-ethyl adjacent to an activating group) is 1. The molecule has 3 unspecified atom stereocenters. The molecule has 3 nitrogen and oxygen atoms in total. The van der Waals surface area contributed by atoms with Crippen LogP contribution in [0, 0.1) is 5.41 Å². The van der Waals surface area contributed by atoms with Crippen molar-refractivity contribution in [3.63, 3.8) is 0 Å². The normalized spacial score (nSPS) is 37.2. The highest BCUT2D eigenvalue weighted by molar-refractivity contribution is 5.10. The Morgan fingerprint density at radius 3 is 2.70 bits per heavy atom. The molecule has 3 fully saturated rings. The van der Waals surface area contributed by atoms with Crippen molar-refractivity contribution in [1.82, 2.24) is 10.2 Å². The first-order chi connectivity index (χ1) is 9.76. The van der Waals surface area contributed by atoms with Crippen LogP contribution in [-0.2, 0) is 4.74 Å². The maximum Gasteiger partial charge on any atom is 0.0661 e. The number of hydrogen-bond acceptors (Lipinski definition) is 3. The molecule has 1 saturated heterocycles. The van der Waals surface area contributed by atoms with Gasteiger partial charge in [0, 0.05) is 30.7 Å². The summed E-state index contributed by atoms with van der Waals surface area (Å²) in [4.78, 5) is 2.55. The lowest BCUT2D eigenvalue weighted by molar-refractivity contribution is -0.131. The molecule has 1 N–H and O–H groups in total. The van der Waals surface area contributed by atoms with Crippen LogP contribution < -0.4 is 5.32 Å². The first-order valence-electron chi connectivity index (χ1n) is 8.81. The van der Waals surface area contributed by atoms with Gasteiger partial charge >= 0.3 is 0 Å². The second-order valence-corrected chi connectivity index (χ2v) is 7.21. The fraction of sp³-hybridized carbons (Fsp3) is 1.00. The van der Waals surface area contributed by atoms with E-state index in [1.165, 1.54) is 64.5 Å². The van der Waals surface area contributed by atoms with Gasteiger partial charge in [-0.3, -0.25) is 0 Å². The molecule has 0 aromatic carbocycles. The number of nitrogens with zero attached hydrogens (tertiary/aromatic N) is 1. The van der Waals surface area contributed by atoms with Crippen LogP contribution >= 0.6 is 0 Å². The van der Waals surface area contributed by atoms with Crippen molar-refractivity contribution in [3.05, 3.63) is 0 Å². The lowest BCUT2D eigenvalue weighted by Gasteiger charge is -2.54. The van der Waals surface area contributed by atoms with E-state index >= 15 is 0 Å². The number of piperidine rings is 1. The molecule has 0 aromatic heterocycles. The van der Waals surface area contributed by atoms with Gasteiger partial charge in [-0.1, -0.05) is 19.3 Å². The fourth-order valence-corrected chi connectivity index (χ4v) is 4.85. The van der Waals surface area contributed by atoms with E-state index in [2.05, 4.69) is 24.2 Å². The van der Waals surface area contributed by atoms with Gasteiger partial charge in [0.1, 0.15) is 0 Å². The van der Waals surface area contributed by atoms with E-state index in [4.69, 9.17) is 4.74 Å². The summed E-state index contributed by atoms with van der Waals surface area (Å²) in [7, 11) is 2.29. The van der Waals surface area contributed by atoms with Crippen molar-refractivity contribution in [2.45, 2.75) is 76.5 Å². The van der Waals surface area contributed by atoms with Crippen LogP contribution in [0.1, 0.15) is 58.3 Å². The molecule has 20 heavy (non-hydrogen) atoms. The van der Waals surface area contributed by atoms with Gasteiger partial charge in [0.25, 0.3) is 0 Å². The Labute approximate surface area is 124 Å². The van der Waals surface area contributed by atoms with E-state index in [1.807, 2.05) is 0 Å². The van der Waals surface area contributed by atoms with Gasteiger partial charge in [-0.05, 0) is 52.6 Å². The minimum atomic E-state index is 0.489. The Morgan fingerprint density at radius 1 is 1.20 bits per heavy atom. The Bertz CT molecular complexity index is 314. The minimum absolute atomic E-state index is 0.489. The predicted molar refractivity (Wildman–Crippen MR) is 83.0 cm³/mol. The van der Waals surface area contributed by atoms with Crippen LogP contribution in [0.3, 0.4) is 0 Å². The minimum Gasteiger partial charge on any atom is -0.378 e. The van der Waals surface area contributed by atoms with Gasteiger partial charge in [-0.15, -0.1) is 0 Å². The molecule has 2 saturated carbocycles. The van der Waals surface area contributed by atoms with Gasteiger partial charge in [0.15, 0.2) is 0 Å². The van der Waals surface area contributed by atoms with Crippen LogP contribution in [0.15, 0.2) is 0 Å². The van der Waals surface area contributed by atoms with Crippen LogP contribution in [-0.4, -0.2) is 49.8 Å². The second kappa shape index (κ2) is 6.33. The summed E-state index contributed by atoms with van der Waals surface area (Å²) >= 11 is 0. The van der Waals surface area contributed by atoms with Crippen molar-refractivity contribution >= 4 is 0 Å². The van der Waals surface area contributed by atoms with E-state index < -0.39 is 0 Å². The third-order valence-electron chi connectivity index (χ3n) is 6.21. The summed E-state index contributed by atoms with van der Waals surface area (Å²) in [5, 5.41) is 3.92. The standard InChI is InChI=1S/C17H32N2O/c1-3-20-16-12-15(17(16)9-5-6-10-17)18-13-14-8-4-7-11-19(14)2/h14-16,18H,3-13H2,1-2H3. The van der Waals surface area contributed by atoms with E-state index in [1.54, 1.807) is 0 Å². The zero-order valence-corrected chi connectivity index (χ0v) is 13.4. The smallest absolute Gasteiger partial charge is 0.0661 e. The quantitative estimate of drug-likeness (QED) is 0.838. The molecule has 1 spiro atoms. The summed E-state index contributed by atoms with van der Waals surface area (Å²) in [5.74, 6) is 0. The first-order valence-corrected chi connectivity index (χ1v) is 8.81. The van der Waals surface area contributed by atoms with Crippen LogP contribution in [0.5, 0.6) is 0 Å². The lowest BCUT2D eigenvalue weighted by atomic mass is 9.60. The van der Waals surface area contributed by atoms with Crippen molar-refractivity contribution in [3.8, 4) is 0 Å². The number of nitrogens with one attached hydrogen (secondary N) is 1. The molecular formula is C17H32N2O. The Morgan fingerprint density at radius 2 is 2.00 bits per heavy atom. The second-order valence-electron chi connectivity index (χ2n) is 7.21. The van der Waals surface area contributed by atoms with E-state index in [9.17, 15) is 0 Å². The van der Waals surface area contributed by atoms with E-state index in [0.717, 1.165) is 18.7 Å². The third kappa shape index (κ3) is 2.65. The zero-order chi connectivity index (χ0) is 14.0. The molecule has 3 aliphatic rings. The van der Waals surface area contributed by atoms with Crippen molar-refractivity contribution in [2.75, 3.05) is 26.7 Å². The lowest BCUT2D eigenvalue weighted by Crippen LogP contribution is -2.64. The Hall–Kier alpha value is -0.120. The van der Waals surface area contributed by atoms with E-state index in [0.29, 0.717) is 11.5 Å². The van der Waals surface area contributed by atoms with Gasteiger partial charge in [0.05, 0.1) is 6.10 Å². The van der Waals surface area contributed by atoms with Crippen LogP contribution in [0.2, 0.25) is 0 Å². The summed E-state index contributed by atoms with van der Waals surface area (Å²) in [6, 6.07) is 1.48. The average Bonchev–Trinajstić information content (AvgIpc) is 2.96. The largest absolute Gasteiger partial charge is 0.378 e. The zero-order valence-electron chi connectivity index (χ0n) is 13.4. The van der Waals surface area contributed by atoms with Crippen LogP contribution in [0.4, 0.5) is 0 Å². The van der Waals surface area contributed by atoms with Gasteiger partial charge in [0.2, 0.25) is 0 Å². The number of rotatable bonds is 5. The molecule has 0 bridgehead atoms. The van der Waals surface area contributed by atoms with Gasteiger partial charge in [-0.2, -0.15) is 0 Å².